The zero-order chi connectivity index (χ0) is 13.0. The Bertz CT molecular complexity index is 262. The molecule has 0 amide bonds. The van der Waals surface area contributed by atoms with Gasteiger partial charge in [0.1, 0.15) is 0 Å². The Kier molecular flexibility index (Phi) is 5.24. The second kappa shape index (κ2) is 5.51. The Morgan fingerprint density at radius 3 is 2.06 bits per heavy atom. The molecule has 0 aromatic heterocycles. The first-order valence-electron chi connectivity index (χ1n) is 5.92. The summed E-state index contributed by atoms with van der Waals surface area (Å²) in [4.78, 5) is 11.3. The van der Waals surface area contributed by atoms with Gasteiger partial charge in [-0.3, -0.25) is 0 Å². The lowest BCUT2D eigenvalue weighted by molar-refractivity contribution is -0.142. The molecule has 0 spiro atoms. The fourth-order valence-electron chi connectivity index (χ4n) is 1.86. The predicted octanol–water partition coefficient (Wildman–Crippen LogP) is 3.96. The molecule has 0 aliphatic heterocycles. The van der Waals surface area contributed by atoms with Gasteiger partial charge < -0.3 is 4.74 Å². The summed E-state index contributed by atoms with van der Waals surface area (Å²) < 4.78 is 5.22. The van der Waals surface area contributed by atoms with Gasteiger partial charge in [-0.2, -0.15) is 0 Å². The maximum absolute atomic E-state index is 11.3. The Balaban J connectivity index is 4.25. The van der Waals surface area contributed by atoms with Crippen molar-refractivity contribution in [3.63, 3.8) is 0 Å². The van der Waals surface area contributed by atoms with Crippen molar-refractivity contribution in [2.24, 2.45) is 10.8 Å². The van der Waals surface area contributed by atoms with Crippen LogP contribution in [0.4, 0.5) is 0 Å². The monoisotopic (exact) mass is 226 g/mol. The van der Waals surface area contributed by atoms with Crippen molar-refractivity contribution in [2.45, 2.75) is 54.4 Å². The second-order valence-electron chi connectivity index (χ2n) is 6.22. The zero-order valence-corrected chi connectivity index (χ0v) is 11.6. The fraction of sp³-hybridized carbons (Fsp3) is 0.786. The molecule has 0 atom stereocenters. The van der Waals surface area contributed by atoms with Gasteiger partial charge in [0.15, 0.2) is 0 Å². The third-order valence-corrected chi connectivity index (χ3v) is 2.86. The predicted molar refractivity (Wildman–Crippen MR) is 68.2 cm³/mol. The van der Waals surface area contributed by atoms with Gasteiger partial charge in [-0.15, -0.1) is 0 Å². The highest BCUT2D eigenvalue weighted by molar-refractivity contribution is 5.86. The topological polar surface area (TPSA) is 26.3 Å². The molecule has 0 saturated heterocycles. The molecule has 0 saturated carbocycles. The molecule has 0 unspecified atom stereocenters. The summed E-state index contributed by atoms with van der Waals surface area (Å²) >= 11 is 0. The minimum atomic E-state index is -0.289. The quantitative estimate of drug-likeness (QED) is 0.506. The summed E-state index contributed by atoms with van der Waals surface area (Å²) in [5.41, 5.74) is 0.773. The minimum absolute atomic E-state index is 0.0185. The van der Waals surface area contributed by atoms with Gasteiger partial charge in [-0.1, -0.05) is 47.6 Å². The van der Waals surface area contributed by atoms with E-state index >= 15 is 0 Å². The summed E-state index contributed by atoms with van der Waals surface area (Å²) in [5.74, 6) is -0.289. The maximum atomic E-state index is 11.3. The van der Waals surface area contributed by atoms with Crippen LogP contribution >= 0.6 is 0 Å². The third-order valence-electron chi connectivity index (χ3n) is 2.86. The SMILES string of the molecule is C=C(C)C(=O)OCC(C)(C)CC(C)(C)CC. The number of ether oxygens (including phenoxy) is 1. The summed E-state index contributed by atoms with van der Waals surface area (Å²) in [6.45, 7) is 16.7. The van der Waals surface area contributed by atoms with E-state index in [1.807, 2.05) is 0 Å². The van der Waals surface area contributed by atoms with Gasteiger partial charge in [-0.05, 0) is 24.2 Å². The lowest BCUT2D eigenvalue weighted by atomic mass is 9.74. The summed E-state index contributed by atoms with van der Waals surface area (Å²) in [5, 5.41) is 0. The Labute approximate surface area is 100 Å². The van der Waals surface area contributed by atoms with Crippen LogP contribution in [0.3, 0.4) is 0 Å². The molecule has 0 bridgehead atoms. The van der Waals surface area contributed by atoms with Crippen molar-refractivity contribution in [1.29, 1.82) is 0 Å². The fourth-order valence-corrected chi connectivity index (χ4v) is 1.86. The highest BCUT2D eigenvalue weighted by Crippen LogP contribution is 2.36. The van der Waals surface area contributed by atoms with E-state index in [2.05, 4.69) is 41.2 Å². The van der Waals surface area contributed by atoms with Gasteiger partial charge in [-0.25, -0.2) is 4.79 Å². The molecule has 0 radical (unpaired) electrons. The molecule has 94 valence electrons. The van der Waals surface area contributed by atoms with Crippen LogP contribution in [0.1, 0.15) is 54.4 Å². The molecule has 0 aliphatic rings. The molecule has 2 heteroatoms. The van der Waals surface area contributed by atoms with Crippen LogP contribution in [0.15, 0.2) is 12.2 Å². The minimum Gasteiger partial charge on any atom is -0.462 e. The van der Waals surface area contributed by atoms with E-state index in [0.717, 1.165) is 12.8 Å². The van der Waals surface area contributed by atoms with E-state index in [9.17, 15) is 4.79 Å². The van der Waals surface area contributed by atoms with Crippen molar-refractivity contribution in [3.8, 4) is 0 Å². The molecular weight excluding hydrogens is 200 g/mol. The standard InChI is InChI=1S/C14H26O2/c1-8-13(4,5)9-14(6,7)10-16-12(15)11(2)3/h2,8-10H2,1,3-7H3. The smallest absolute Gasteiger partial charge is 0.333 e. The first-order chi connectivity index (χ1) is 7.09. The maximum Gasteiger partial charge on any atom is 0.333 e. The molecule has 0 N–H and O–H groups in total. The van der Waals surface area contributed by atoms with E-state index in [4.69, 9.17) is 4.74 Å². The number of carbonyl (C=O) groups excluding carboxylic acids is 1. The average Bonchev–Trinajstić information content (AvgIpc) is 2.12. The largest absolute Gasteiger partial charge is 0.462 e. The van der Waals surface area contributed by atoms with Crippen LogP contribution in [-0.2, 0) is 9.53 Å². The Hall–Kier alpha value is -0.790. The van der Waals surface area contributed by atoms with Gasteiger partial charge in [0.05, 0.1) is 6.61 Å². The van der Waals surface area contributed by atoms with Gasteiger partial charge in [0.25, 0.3) is 0 Å². The van der Waals surface area contributed by atoms with Crippen molar-refractivity contribution in [3.05, 3.63) is 12.2 Å². The molecule has 0 aliphatic carbocycles. The van der Waals surface area contributed by atoms with Gasteiger partial charge in [0, 0.05) is 5.57 Å². The number of esters is 1. The van der Waals surface area contributed by atoms with Crippen LogP contribution in [0.25, 0.3) is 0 Å². The van der Waals surface area contributed by atoms with Crippen LogP contribution in [0.2, 0.25) is 0 Å². The molecule has 2 nitrogen and oxygen atoms in total. The van der Waals surface area contributed by atoms with Crippen LogP contribution < -0.4 is 0 Å². The lowest BCUT2D eigenvalue weighted by Crippen LogP contribution is -2.28. The number of rotatable bonds is 6. The lowest BCUT2D eigenvalue weighted by Gasteiger charge is -2.33. The third kappa shape index (κ3) is 5.94. The summed E-state index contributed by atoms with van der Waals surface area (Å²) in [7, 11) is 0. The van der Waals surface area contributed by atoms with Crippen molar-refractivity contribution in [1.82, 2.24) is 0 Å². The molecule has 0 rings (SSSR count). The number of carbonyl (C=O) groups is 1. The van der Waals surface area contributed by atoms with Crippen LogP contribution in [0.5, 0.6) is 0 Å². The number of hydrogen-bond acceptors (Lipinski definition) is 2. The summed E-state index contributed by atoms with van der Waals surface area (Å²) in [6.07, 6.45) is 2.17. The second-order valence-corrected chi connectivity index (χ2v) is 6.22. The normalized spacial score (nSPS) is 12.4. The molecule has 0 heterocycles. The van der Waals surface area contributed by atoms with Crippen molar-refractivity contribution in [2.75, 3.05) is 6.61 Å². The van der Waals surface area contributed by atoms with E-state index in [0.29, 0.717) is 17.6 Å². The Morgan fingerprint density at radius 2 is 1.69 bits per heavy atom. The van der Waals surface area contributed by atoms with E-state index in [1.165, 1.54) is 0 Å². The highest BCUT2D eigenvalue weighted by atomic mass is 16.5. The first-order valence-corrected chi connectivity index (χ1v) is 5.92. The van der Waals surface area contributed by atoms with Gasteiger partial charge >= 0.3 is 5.97 Å². The average molecular weight is 226 g/mol. The zero-order valence-electron chi connectivity index (χ0n) is 11.6. The highest BCUT2D eigenvalue weighted by Gasteiger charge is 2.28. The molecule has 16 heavy (non-hydrogen) atoms. The van der Waals surface area contributed by atoms with Crippen LogP contribution in [-0.4, -0.2) is 12.6 Å². The van der Waals surface area contributed by atoms with Crippen molar-refractivity contribution >= 4 is 5.97 Å². The van der Waals surface area contributed by atoms with E-state index < -0.39 is 0 Å². The van der Waals surface area contributed by atoms with Crippen molar-refractivity contribution < 1.29 is 9.53 Å². The first kappa shape index (κ1) is 15.2. The summed E-state index contributed by atoms with van der Waals surface area (Å²) in [6, 6.07) is 0. The van der Waals surface area contributed by atoms with Gasteiger partial charge in [0.2, 0.25) is 0 Å². The Morgan fingerprint density at radius 1 is 1.19 bits per heavy atom. The molecule has 0 aromatic rings. The van der Waals surface area contributed by atoms with Crippen LogP contribution in [0, 0.1) is 10.8 Å². The van der Waals surface area contributed by atoms with E-state index in [1.54, 1.807) is 6.92 Å². The molecule has 0 aromatic carbocycles. The molecular formula is C14H26O2. The van der Waals surface area contributed by atoms with E-state index in [-0.39, 0.29) is 11.4 Å². The molecule has 0 fully saturated rings. The number of hydrogen-bond donors (Lipinski definition) is 0.